The molecule has 1 saturated heterocycles. The van der Waals surface area contributed by atoms with Gasteiger partial charge in [-0.25, -0.2) is 13.4 Å². The molecule has 1 unspecified atom stereocenters. The van der Waals surface area contributed by atoms with Crippen LogP contribution in [0, 0.1) is 0 Å². The summed E-state index contributed by atoms with van der Waals surface area (Å²) in [6.07, 6.45) is 8.07. The molecular formula is C23H29N3O4S2. The van der Waals surface area contributed by atoms with Crippen molar-refractivity contribution in [3.8, 4) is 0 Å². The fraction of sp³-hybridized carbons (Fsp3) is 0.522. The summed E-state index contributed by atoms with van der Waals surface area (Å²) in [4.78, 5) is 30.5. The van der Waals surface area contributed by atoms with Gasteiger partial charge in [0, 0.05) is 6.54 Å². The molecule has 4 rings (SSSR count). The third-order valence-electron chi connectivity index (χ3n) is 6.15. The van der Waals surface area contributed by atoms with Crippen LogP contribution in [0.1, 0.15) is 45.4 Å². The van der Waals surface area contributed by atoms with Crippen LogP contribution in [0.4, 0.5) is 0 Å². The lowest BCUT2D eigenvalue weighted by molar-refractivity contribution is -0.120. The van der Waals surface area contributed by atoms with Crippen molar-refractivity contribution >= 4 is 38.4 Å². The maximum absolute atomic E-state index is 13.2. The zero-order chi connectivity index (χ0) is 22.8. The molecule has 32 heavy (non-hydrogen) atoms. The quantitative estimate of drug-likeness (QED) is 0.375. The molecule has 1 aliphatic heterocycles. The molecule has 7 nitrogen and oxygen atoms in total. The molecule has 1 atom stereocenters. The first kappa shape index (κ1) is 23.0. The Kier molecular flexibility index (Phi) is 6.76. The van der Waals surface area contributed by atoms with E-state index in [1.54, 1.807) is 23.6 Å². The topological polar surface area (TPSA) is 98.1 Å². The van der Waals surface area contributed by atoms with Gasteiger partial charge in [-0.05, 0) is 57.6 Å². The van der Waals surface area contributed by atoms with Crippen LogP contribution in [0.5, 0.6) is 0 Å². The maximum Gasteiger partial charge on any atom is 0.262 e. The Balaban J connectivity index is 1.52. The van der Waals surface area contributed by atoms with Gasteiger partial charge in [0.2, 0.25) is 5.91 Å². The van der Waals surface area contributed by atoms with Gasteiger partial charge in [0.1, 0.15) is 0 Å². The molecule has 1 aliphatic carbocycles. The van der Waals surface area contributed by atoms with E-state index in [4.69, 9.17) is 0 Å². The van der Waals surface area contributed by atoms with Crippen LogP contribution in [0.3, 0.4) is 0 Å². The van der Waals surface area contributed by atoms with Crippen LogP contribution in [-0.2, 0) is 21.2 Å². The summed E-state index contributed by atoms with van der Waals surface area (Å²) in [6, 6.07) is 7.26. The minimum absolute atomic E-state index is 0.0373. The highest BCUT2D eigenvalue weighted by molar-refractivity contribution is 7.99. The number of carbonyl (C=O) groups is 1. The molecule has 0 radical (unpaired) electrons. The van der Waals surface area contributed by atoms with E-state index in [9.17, 15) is 18.0 Å². The van der Waals surface area contributed by atoms with Crippen molar-refractivity contribution in [3.05, 3.63) is 46.3 Å². The third-order valence-corrected chi connectivity index (χ3v) is 9.02. The average molecular weight is 476 g/mol. The van der Waals surface area contributed by atoms with Crippen LogP contribution in [0.25, 0.3) is 10.9 Å². The number of aromatic nitrogens is 2. The van der Waals surface area contributed by atoms with Gasteiger partial charge in [0.25, 0.3) is 5.56 Å². The van der Waals surface area contributed by atoms with Gasteiger partial charge in [-0.2, -0.15) is 0 Å². The minimum atomic E-state index is -3.11. The zero-order valence-electron chi connectivity index (χ0n) is 18.3. The number of fused-ring (bicyclic) bond motifs is 1. The van der Waals surface area contributed by atoms with E-state index in [1.165, 1.54) is 30.2 Å². The van der Waals surface area contributed by atoms with Gasteiger partial charge in [0.05, 0.1) is 33.7 Å². The molecule has 2 aliphatic rings. The van der Waals surface area contributed by atoms with Crippen LogP contribution in [0.15, 0.2) is 45.9 Å². The van der Waals surface area contributed by atoms with Gasteiger partial charge < -0.3 is 5.32 Å². The first-order valence-corrected chi connectivity index (χ1v) is 13.9. The zero-order valence-corrected chi connectivity index (χ0v) is 19.9. The standard InChI is InChI=1S/C23H29N3O4S2/c1-23(12-14-32(29,30)16-23)25-20(27)15-31-22-24-19-10-6-5-9-18(19)21(28)26(22)13-11-17-7-3-2-4-8-17/h5-7,9-10H,2-4,8,11-16H2,1H3,(H,25,27). The highest BCUT2D eigenvalue weighted by atomic mass is 32.2. The lowest BCUT2D eigenvalue weighted by Gasteiger charge is -2.23. The van der Waals surface area contributed by atoms with Crippen LogP contribution < -0.4 is 10.9 Å². The van der Waals surface area contributed by atoms with Gasteiger partial charge in [0.15, 0.2) is 15.0 Å². The first-order chi connectivity index (χ1) is 15.2. The van der Waals surface area contributed by atoms with E-state index in [0.717, 1.165) is 19.3 Å². The lowest BCUT2D eigenvalue weighted by Crippen LogP contribution is -2.47. The second-order valence-corrected chi connectivity index (χ2v) is 12.1. The molecule has 1 fully saturated rings. The Morgan fingerprint density at radius 2 is 2.09 bits per heavy atom. The van der Waals surface area contributed by atoms with Crippen LogP contribution in [0.2, 0.25) is 0 Å². The fourth-order valence-corrected chi connectivity index (χ4v) is 7.37. The molecule has 0 bridgehead atoms. The Morgan fingerprint density at radius 1 is 1.28 bits per heavy atom. The number of hydrogen-bond donors (Lipinski definition) is 1. The molecule has 172 valence electrons. The Labute approximate surface area is 192 Å². The van der Waals surface area contributed by atoms with E-state index >= 15 is 0 Å². The summed E-state index contributed by atoms with van der Waals surface area (Å²) in [5, 5.41) is 3.96. The van der Waals surface area contributed by atoms with Crippen molar-refractivity contribution < 1.29 is 13.2 Å². The third kappa shape index (κ3) is 5.43. The van der Waals surface area contributed by atoms with Gasteiger partial charge in [-0.1, -0.05) is 35.5 Å². The highest BCUT2D eigenvalue weighted by Gasteiger charge is 2.39. The number of amides is 1. The molecule has 1 amide bonds. The van der Waals surface area contributed by atoms with Gasteiger partial charge in [-0.15, -0.1) is 0 Å². The predicted molar refractivity (Wildman–Crippen MR) is 128 cm³/mol. The summed E-state index contributed by atoms with van der Waals surface area (Å²) >= 11 is 1.22. The largest absolute Gasteiger partial charge is 0.349 e. The molecule has 9 heteroatoms. The van der Waals surface area contributed by atoms with E-state index in [2.05, 4.69) is 16.4 Å². The monoisotopic (exact) mass is 475 g/mol. The van der Waals surface area contributed by atoms with Crippen LogP contribution in [-0.4, -0.2) is 46.7 Å². The summed E-state index contributed by atoms with van der Waals surface area (Å²) in [7, 11) is -3.11. The summed E-state index contributed by atoms with van der Waals surface area (Å²) in [5.41, 5.74) is 1.16. The molecule has 2 heterocycles. The Morgan fingerprint density at radius 3 is 2.81 bits per heavy atom. The van der Waals surface area contributed by atoms with Crippen molar-refractivity contribution in [2.24, 2.45) is 0 Å². The lowest BCUT2D eigenvalue weighted by atomic mass is 9.97. The first-order valence-electron chi connectivity index (χ1n) is 11.1. The minimum Gasteiger partial charge on any atom is -0.349 e. The number of nitrogens with one attached hydrogen (secondary N) is 1. The van der Waals surface area contributed by atoms with E-state index < -0.39 is 15.4 Å². The van der Waals surface area contributed by atoms with Crippen molar-refractivity contribution in [1.82, 2.24) is 14.9 Å². The molecule has 0 saturated carbocycles. The smallest absolute Gasteiger partial charge is 0.262 e. The number of nitrogens with zero attached hydrogens (tertiary/aromatic N) is 2. The number of rotatable bonds is 7. The Hall–Kier alpha value is -2.13. The van der Waals surface area contributed by atoms with Crippen molar-refractivity contribution in [2.45, 2.75) is 62.7 Å². The number of allylic oxidation sites excluding steroid dienone is 2. The molecule has 1 N–H and O–H groups in total. The Bertz CT molecular complexity index is 1220. The number of para-hydroxylation sites is 1. The second kappa shape index (κ2) is 9.39. The molecule has 1 aromatic carbocycles. The molecule has 2 aromatic rings. The predicted octanol–water partition coefficient (Wildman–Crippen LogP) is 3.07. The molecule has 1 aromatic heterocycles. The van der Waals surface area contributed by atoms with Crippen molar-refractivity contribution in [1.29, 1.82) is 0 Å². The average Bonchev–Trinajstić information content (AvgIpc) is 3.04. The van der Waals surface area contributed by atoms with Gasteiger partial charge >= 0.3 is 0 Å². The van der Waals surface area contributed by atoms with Crippen molar-refractivity contribution in [2.75, 3.05) is 17.3 Å². The van der Waals surface area contributed by atoms with Gasteiger partial charge in [-0.3, -0.25) is 14.2 Å². The molecular weight excluding hydrogens is 446 g/mol. The van der Waals surface area contributed by atoms with Crippen LogP contribution >= 0.6 is 11.8 Å². The van der Waals surface area contributed by atoms with E-state index in [0.29, 0.717) is 29.0 Å². The number of thioether (sulfide) groups is 1. The second-order valence-electron chi connectivity index (χ2n) is 8.97. The molecule has 0 spiro atoms. The fourth-order valence-electron chi connectivity index (χ4n) is 4.45. The number of sulfone groups is 1. The number of carbonyl (C=O) groups excluding carboxylic acids is 1. The highest BCUT2D eigenvalue weighted by Crippen LogP contribution is 2.25. The summed E-state index contributed by atoms with van der Waals surface area (Å²) < 4.78 is 25.3. The van der Waals surface area contributed by atoms with Crippen molar-refractivity contribution in [3.63, 3.8) is 0 Å². The number of benzene rings is 1. The van der Waals surface area contributed by atoms with E-state index in [1.807, 2.05) is 12.1 Å². The summed E-state index contributed by atoms with van der Waals surface area (Å²) in [5.74, 6) is -0.120. The maximum atomic E-state index is 13.2. The van der Waals surface area contributed by atoms with E-state index in [-0.39, 0.29) is 28.7 Å². The normalized spacial score (nSPS) is 22.6. The summed E-state index contributed by atoms with van der Waals surface area (Å²) in [6.45, 7) is 2.30. The number of hydrogen-bond acceptors (Lipinski definition) is 6. The SMILES string of the molecule is CC1(NC(=O)CSc2nc3ccccc3c(=O)n2CCC2=CCCCC2)CCS(=O)(=O)C1.